The molecule has 2 aromatic carbocycles. The molecule has 0 unspecified atom stereocenters. The SMILES string of the molecule is Cc1ccc(COc2ccc(Br)cc2C(C)C)c(Cl)c1. The van der Waals surface area contributed by atoms with Gasteiger partial charge in [0.05, 0.1) is 0 Å². The molecule has 2 aromatic rings. The summed E-state index contributed by atoms with van der Waals surface area (Å²) in [5, 5.41) is 0.758. The van der Waals surface area contributed by atoms with Gasteiger partial charge in [-0.3, -0.25) is 0 Å². The Bertz CT molecular complexity index is 608. The summed E-state index contributed by atoms with van der Waals surface area (Å²) in [6.45, 7) is 6.84. The number of hydrogen-bond acceptors (Lipinski definition) is 1. The topological polar surface area (TPSA) is 9.23 Å². The molecule has 0 aliphatic heterocycles. The van der Waals surface area contributed by atoms with Gasteiger partial charge in [-0.1, -0.05) is 53.5 Å². The van der Waals surface area contributed by atoms with Crippen molar-refractivity contribution in [3.05, 3.63) is 62.6 Å². The molecule has 1 nitrogen and oxygen atoms in total. The predicted octanol–water partition coefficient (Wildman–Crippen LogP) is 6.11. The van der Waals surface area contributed by atoms with Crippen LogP contribution in [0.15, 0.2) is 40.9 Å². The van der Waals surface area contributed by atoms with E-state index in [1.807, 2.05) is 31.2 Å². The van der Waals surface area contributed by atoms with Gasteiger partial charge < -0.3 is 4.74 Å². The summed E-state index contributed by atoms with van der Waals surface area (Å²) < 4.78 is 7.03. The molecule has 0 spiro atoms. The van der Waals surface area contributed by atoms with Crippen molar-refractivity contribution in [2.75, 3.05) is 0 Å². The van der Waals surface area contributed by atoms with Crippen molar-refractivity contribution in [3.63, 3.8) is 0 Å². The van der Waals surface area contributed by atoms with Gasteiger partial charge >= 0.3 is 0 Å². The lowest BCUT2D eigenvalue weighted by Gasteiger charge is -2.15. The molecule has 0 N–H and O–H groups in total. The first-order chi connectivity index (χ1) is 9.47. The van der Waals surface area contributed by atoms with Crippen molar-refractivity contribution in [1.82, 2.24) is 0 Å². The summed E-state index contributed by atoms with van der Waals surface area (Å²) in [7, 11) is 0. The second-order valence-corrected chi connectivity index (χ2v) is 6.54. The highest BCUT2D eigenvalue weighted by atomic mass is 79.9. The van der Waals surface area contributed by atoms with Crippen LogP contribution in [0.3, 0.4) is 0 Å². The van der Waals surface area contributed by atoms with Crippen LogP contribution < -0.4 is 4.74 Å². The Morgan fingerprint density at radius 1 is 1.15 bits per heavy atom. The van der Waals surface area contributed by atoms with Crippen LogP contribution in [0, 0.1) is 6.92 Å². The van der Waals surface area contributed by atoms with E-state index >= 15 is 0 Å². The highest BCUT2D eigenvalue weighted by Gasteiger charge is 2.09. The Labute approximate surface area is 134 Å². The van der Waals surface area contributed by atoms with Gasteiger partial charge in [0.15, 0.2) is 0 Å². The number of ether oxygens (including phenoxy) is 1. The van der Waals surface area contributed by atoms with Crippen molar-refractivity contribution >= 4 is 27.5 Å². The molecule has 0 radical (unpaired) electrons. The van der Waals surface area contributed by atoms with E-state index in [1.54, 1.807) is 0 Å². The van der Waals surface area contributed by atoms with Crippen molar-refractivity contribution < 1.29 is 4.74 Å². The highest BCUT2D eigenvalue weighted by molar-refractivity contribution is 9.10. The standard InChI is InChI=1S/C17H18BrClO/c1-11(2)15-9-14(18)6-7-17(15)20-10-13-5-4-12(3)8-16(13)19/h4-9,11H,10H2,1-3H3. The van der Waals surface area contributed by atoms with Gasteiger partial charge in [0.25, 0.3) is 0 Å². The van der Waals surface area contributed by atoms with Crippen LogP contribution >= 0.6 is 27.5 Å². The normalized spacial score (nSPS) is 10.9. The molecule has 0 fully saturated rings. The van der Waals surface area contributed by atoms with Gasteiger partial charge in [0.2, 0.25) is 0 Å². The second-order valence-electron chi connectivity index (χ2n) is 5.22. The minimum atomic E-state index is 0.413. The van der Waals surface area contributed by atoms with Crippen molar-refractivity contribution in [3.8, 4) is 5.75 Å². The third kappa shape index (κ3) is 3.77. The number of hydrogen-bond donors (Lipinski definition) is 0. The molecular weight excluding hydrogens is 336 g/mol. The lowest BCUT2D eigenvalue weighted by atomic mass is 10.0. The van der Waals surface area contributed by atoms with Gasteiger partial charge in [-0.25, -0.2) is 0 Å². The van der Waals surface area contributed by atoms with Gasteiger partial charge in [0, 0.05) is 15.1 Å². The minimum absolute atomic E-state index is 0.413. The number of benzene rings is 2. The Morgan fingerprint density at radius 3 is 2.55 bits per heavy atom. The zero-order valence-corrected chi connectivity index (χ0v) is 14.3. The molecule has 3 heteroatoms. The van der Waals surface area contributed by atoms with E-state index in [-0.39, 0.29) is 0 Å². The van der Waals surface area contributed by atoms with E-state index < -0.39 is 0 Å². The average molecular weight is 354 g/mol. The first kappa shape index (κ1) is 15.4. The van der Waals surface area contributed by atoms with Gasteiger partial charge in [-0.05, 0) is 48.2 Å². The van der Waals surface area contributed by atoms with E-state index in [9.17, 15) is 0 Å². The number of halogens is 2. The Hall–Kier alpha value is -0.990. The first-order valence-corrected chi connectivity index (χ1v) is 7.81. The fourth-order valence-corrected chi connectivity index (χ4v) is 2.70. The molecule has 20 heavy (non-hydrogen) atoms. The predicted molar refractivity (Wildman–Crippen MR) is 88.8 cm³/mol. The Balaban J connectivity index is 2.18. The maximum Gasteiger partial charge on any atom is 0.123 e. The average Bonchev–Trinajstić information content (AvgIpc) is 2.38. The summed E-state index contributed by atoms with van der Waals surface area (Å²) in [6.07, 6.45) is 0. The number of rotatable bonds is 4. The van der Waals surface area contributed by atoms with Crippen molar-refractivity contribution in [2.45, 2.75) is 33.3 Å². The van der Waals surface area contributed by atoms with Gasteiger partial charge in [-0.15, -0.1) is 0 Å². The Morgan fingerprint density at radius 2 is 1.90 bits per heavy atom. The highest BCUT2D eigenvalue weighted by Crippen LogP contribution is 2.30. The zero-order chi connectivity index (χ0) is 14.7. The molecule has 0 aromatic heterocycles. The second kappa shape index (κ2) is 6.64. The maximum absolute atomic E-state index is 6.24. The molecule has 0 aliphatic carbocycles. The Kier molecular flexibility index (Phi) is 5.11. The molecule has 0 heterocycles. The zero-order valence-electron chi connectivity index (χ0n) is 11.9. The molecule has 0 saturated carbocycles. The molecule has 0 bridgehead atoms. The van der Waals surface area contributed by atoms with Crippen LogP contribution in [0.4, 0.5) is 0 Å². The van der Waals surface area contributed by atoms with E-state index in [0.717, 1.165) is 26.4 Å². The van der Waals surface area contributed by atoms with Crippen LogP contribution in [0.2, 0.25) is 5.02 Å². The summed E-state index contributed by atoms with van der Waals surface area (Å²) in [4.78, 5) is 0. The lowest BCUT2D eigenvalue weighted by Crippen LogP contribution is -2.00. The van der Waals surface area contributed by atoms with Crippen molar-refractivity contribution in [2.24, 2.45) is 0 Å². The van der Waals surface area contributed by atoms with Gasteiger partial charge in [-0.2, -0.15) is 0 Å². The van der Waals surface area contributed by atoms with E-state index in [2.05, 4.69) is 41.9 Å². The fourth-order valence-electron chi connectivity index (χ4n) is 2.03. The third-order valence-corrected chi connectivity index (χ3v) is 4.03. The van der Waals surface area contributed by atoms with Crippen LogP contribution in [-0.4, -0.2) is 0 Å². The summed E-state index contributed by atoms with van der Waals surface area (Å²) in [5.74, 6) is 1.33. The van der Waals surface area contributed by atoms with Gasteiger partial charge in [0.1, 0.15) is 12.4 Å². The smallest absolute Gasteiger partial charge is 0.123 e. The maximum atomic E-state index is 6.24. The van der Waals surface area contributed by atoms with Crippen LogP contribution in [0.25, 0.3) is 0 Å². The summed E-state index contributed by atoms with van der Waals surface area (Å²) in [6, 6.07) is 12.1. The number of aryl methyl sites for hydroxylation is 1. The molecule has 0 saturated heterocycles. The van der Waals surface area contributed by atoms with E-state index in [4.69, 9.17) is 16.3 Å². The molecule has 0 atom stereocenters. The van der Waals surface area contributed by atoms with E-state index in [0.29, 0.717) is 12.5 Å². The molecule has 0 amide bonds. The van der Waals surface area contributed by atoms with E-state index in [1.165, 1.54) is 5.56 Å². The van der Waals surface area contributed by atoms with Crippen molar-refractivity contribution in [1.29, 1.82) is 0 Å². The third-order valence-electron chi connectivity index (χ3n) is 3.19. The first-order valence-electron chi connectivity index (χ1n) is 6.64. The largest absolute Gasteiger partial charge is 0.489 e. The molecule has 106 valence electrons. The monoisotopic (exact) mass is 352 g/mol. The summed E-state index contributed by atoms with van der Waals surface area (Å²) >= 11 is 9.74. The molecule has 0 aliphatic rings. The van der Waals surface area contributed by atoms with Crippen LogP contribution in [0.1, 0.15) is 36.5 Å². The van der Waals surface area contributed by atoms with Crippen LogP contribution in [-0.2, 0) is 6.61 Å². The van der Waals surface area contributed by atoms with Crippen LogP contribution in [0.5, 0.6) is 5.75 Å². The fraction of sp³-hybridized carbons (Fsp3) is 0.294. The minimum Gasteiger partial charge on any atom is -0.489 e. The summed E-state index contributed by atoms with van der Waals surface area (Å²) in [5.41, 5.74) is 3.36. The quantitative estimate of drug-likeness (QED) is 0.644. The molecular formula is C17H18BrClO. The molecule has 2 rings (SSSR count). The lowest BCUT2D eigenvalue weighted by molar-refractivity contribution is 0.302.